The van der Waals surface area contributed by atoms with Gasteiger partial charge < -0.3 is 0 Å². The molecule has 2 aromatic carbocycles. The summed E-state index contributed by atoms with van der Waals surface area (Å²) in [5.41, 5.74) is 0.847. The Bertz CT molecular complexity index is 891. The van der Waals surface area contributed by atoms with Gasteiger partial charge in [-0.25, -0.2) is 26.3 Å². The first-order valence-electron chi connectivity index (χ1n) is 7.87. The van der Waals surface area contributed by atoms with Crippen molar-refractivity contribution in [1.29, 1.82) is 0 Å². The molecule has 0 aliphatic heterocycles. The Hall–Kier alpha value is -1.74. The molecule has 6 nitrogen and oxygen atoms in total. The quantitative estimate of drug-likeness (QED) is 0.729. The lowest BCUT2D eigenvalue weighted by atomic mass is 10.2. The molecule has 136 valence electrons. The van der Waals surface area contributed by atoms with E-state index in [2.05, 4.69) is 9.44 Å². The summed E-state index contributed by atoms with van der Waals surface area (Å²) in [5, 5.41) is 0. The molecule has 2 rings (SSSR count). The third-order valence-corrected chi connectivity index (χ3v) is 6.54. The minimum atomic E-state index is -3.53. The number of benzene rings is 2. The predicted octanol–water partition coefficient (Wildman–Crippen LogP) is 1.89. The van der Waals surface area contributed by atoms with Gasteiger partial charge in [0.15, 0.2) is 0 Å². The van der Waals surface area contributed by atoms with Gasteiger partial charge in [-0.3, -0.25) is 0 Å². The highest BCUT2D eigenvalue weighted by Gasteiger charge is 2.15. The van der Waals surface area contributed by atoms with Crippen molar-refractivity contribution in [2.45, 2.75) is 36.1 Å². The van der Waals surface area contributed by atoms with Crippen molar-refractivity contribution in [3.05, 3.63) is 60.2 Å². The van der Waals surface area contributed by atoms with E-state index in [-0.39, 0.29) is 22.4 Å². The summed E-state index contributed by atoms with van der Waals surface area (Å²) in [7, 11) is -7.05. The molecule has 0 heterocycles. The zero-order valence-corrected chi connectivity index (χ0v) is 15.8. The Kier molecular flexibility index (Phi) is 6.34. The van der Waals surface area contributed by atoms with Crippen molar-refractivity contribution in [3.63, 3.8) is 0 Å². The van der Waals surface area contributed by atoms with Gasteiger partial charge in [0.05, 0.1) is 9.79 Å². The van der Waals surface area contributed by atoms with E-state index in [1.165, 1.54) is 24.3 Å². The Morgan fingerprint density at radius 3 is 1.92 bits per heavy atom. The van der Waals surface area contributed by atoms with Crippen LogP contribution in [0.25, 0.3) is 0 Å². The number of hydrogen-bond donors (Lipinski definition) is 2. The fourth-order valence-electron chi connectivity index (χ4n) is 2.23. The Morgan fingerprint density at radius 2 is 1.36 bits per heavy atom. The van der Waals surface area contributed by atoms with Crippen molar-refractivity contribution in [1.82, 2.24) is 9.44 Å². The van der Waals surface area contributed by atoms with Crippen LogP contribution in [-0.2, 0) is 26.5 Å². The molecule has 2 N–H and O–H groups in total. The second-order valence-corrected chi connectivity index (χ2v) is 9.36. The van der Waals surface area contributed by atoms with Gasteiger partial charge in [0.25, 0.3) is 0 Å². The van der Waals surface area contributed by atoms with Crippen molar-refractivity contribution < 1.29 is 16.8 Å². The summed E-state index contributed by atoms with van der Waals surface area (Å²) < 4.78 is 53.4. The molecule has 8 heteroatoms. The molecule has 0 atom stereocenters. The summed E-state index contributed by atoms with van der Waals surface area (Å²) in [6.45, 7) is 3.74. The van der Waals surface area contributed by atoms with Crippen molar-refractivity contribution in [2.75, 3.05) is 6.54 Å². The first kappa shape index (κ1) is 19.6. The van der Waals surface area contributed by atoms with Crippen LogP contribution in [0, 0.1) is 0 Å². The van der Waals surface area contributed by atoms with E-state index in [9.17, 15) is 16.8 Å². The topological polar surface area (TPSA) is 92.3 Å². The fraction of sp³-hybridized carbons (Fsp3) is 0.294. The average Bonchev–Trinajstić information content (AvgIpc) is 2.55. The zero-order valence-electron chi connectivity index (χ0n) is 14.1. The smallest absolute Gasteiger partial charge is 0.211 e. The molecule has 0 fully saturated rings. The van der Waals surface area contributed by atoms with E-state index >= 15 is 0 Å². The molecule has 0 aliphatic rings. The van der Waals surface area contributed by atoms with Gasteiger partial charge in [-0.2, -0.15) is 0 Å². The standard InChI is InChI=1S/C17H22N2O4S2/c1-14(2)19-25(22,23)17-10-8-15(9-11-17)12-13-18-24(20,21)16-6-4-3-5-7-16/h3-11,14,18-19H,12-13H2,1-2H3. The third-order valence-electron chi connectivity index (χ3n) is 3.38. The van der Waals surface area contributed by atoms with Crippen LogP contribution in [0.5, 0.6) is 0 Å². The molecule has 0 saturated heterocycles. The molecule has 0 amide bonds. The number of rotatable bonds is 8. The summed E-state index contributed by atoms with van der Waals surface area (Å²) >= 11 is 0. The maximum Gasteiger partial charge on any atom is 0.240 e. The van der Waals surface area contributed by atoms with Gasteiger partial charge in [-0.15, -0.1) is 0 Å². The molecule has 0 saturated carbocycles. The molecule has 0 radical (unpaired) electrons. The maximum atomic E-state index is 12.1. The van der Waals surface area contributed by atoms with Crippen LogP contribution >= 0.6 is 0 Å². The van der Waals surface area contributed by atoms with Gasteiger partial charge in [-0.1, -0.05) is 30.3 Å². The van der Waals surface area contributed by atoms with Gasteiger partial charge in [0, 0.05) is 12.6 Å². The highest BCUT2D eigenvalue weighted by atomic mass is 32.2. The molecule has 0 aliphatic carbocycles. The molecular formula is C17H22N2O4S2. The summed E-state index contributed by atoms with van der Waals surface area (Å²) in [4.78, 5) is 0.408. The monoisotopic (exact) mass is 382 g/mol. The number of hydrogen-bond acceptors (Lipinski definition) is 4. The largest absolute Gasteiger partial charge is 0.240 e. The van der Waals surface area contributed by atoms with Crippen LogP contribution in [0.2, 0.25) is 0 Å². The van der Waals surface area contributed by atoms with Crippen molar-refractivity contribution in [3.8, 4) is 0 Å². The summed E-state index contributed by atoms with van der Waals surface area (Å²) in [6.07, 6.45) is 0.462. The van der Waals surface area contributed by atoms with E-state index in [0.29, 0.717) is 6.42 Å². The number of sulfonamides is 2. The lowest BCUT2D eigenvalue weighted by Gasteiger charge is -2.10. The molecule has 25 heavy (non-hydrogen) atoms. The highest BCUT2D eigenvalue weighted by molar-refractivity contribution is 7.89. The summed E-state index contributed by atoms with van der Waals surface area (Å²) in [5.74, 6) is 0. The minimum Gasteiger partial charge on any atom is -0.211 e. The molecule has 0 spiro atoms. The summed E-state index contributed by atoms with van der Waals surface area (Å²) in [6, 6.07) is 14.4. The van der Waals surface area contributed by atoms with E-state index in [1.807, 2.05) is 0 Å². The fourth-order valence-corrected chi connectivity index (χ4v) is 4.53. The Morgan fingerprint density at radius 1 is 0.800 bits per heavy atom. The van der Waals surface area contributed by atoms with Crippen LogP contribution in [0.1, 0.15) is 19.4 Å². The van der Waals surface area contributed by atoms with Gasteiger partial charge in [-0.05, 0) is 50.1 Å². The van der Waals surface area contributed by atoms with Crippen molar-refractivity contribution >= 4 is 20.0 Å². The van der Waals surface area contributed by atoms with E-state index < -0.39 is 20.0 Å². The SMILES string of the molecule is CC(C)NS(=O)(=O)c1ccc(CCNS(=O)(=O)c2ccccc2)cc1. The van der Waals surface area contributed by atoms with E-state index in [4.69, 9.17) is 0 Å². The molecular weight excluding hydrogens is 360 g/mol. The lowest BCUT2D eigenvalue weighted by Crippen LogP contribution is -2.30. The second-order valence-electron chi connectivity index (χ2n) is 5.88. The third kappa shape index (κ3) is 5.64. The van der Waals surface area contributed by atoms with Crippen LogP contribution < -0.4 is 9.44 Å². The minimum absolute atomic E-state index is 0.183. The first-order valence-corrected chi connectivity index (χ1v) is 10.8. The van der Waals surface area contributed by atoms with E-state index in [1.54, 1.807) is 44.2 Å². The zero-order chi connectivity index (χ0) is 18.5. The van der Waals surface area contributed by atoms with Crippen LogP contribution in [0.15, 0.2) is 64.4 Å². The molecule has 2 aromatic rings. The van der Waals surface area contributed by atoms with Gasteiger partial charge in [0.1, 0.15) is 0 Å². The average molecular weight is 383 g/mol. The Labute approximate surface area is 149 Å². The van der Waals surface area contributed by atoms with Crippen LogP contribution in [0.4, 0.5) is 0 Å². The maximum absolute atomic E-state index is 12.1. The van der Waals surface area contributed by atoms with Gasteiger partial charge >= 0.3 is 0 Å². The molecule has 0 bridgehead atoms. The Balaban J connectivity index is 1.96. The van der Waals surface area contributed by atoms with E-state index in [0.717, 1.165) is 5.56 Å². The predicted molar refractivity (Wildman–Crippen MR) is 97.2 cm³/mol. The second kappa shape index (κ2) is 8.09. The van der Waals surface area contributed by atoms with Crippen LogP contribution in [0.3, 0.4) is 0 Å². The molecule has 0 unspecified atom stereocenters. The molecule has 0 aromatic heterocycles. The first-order chi connectivity index (χ1) is 11.7. The van der Waals surface area contributed by atoms with Crippen LogP contribution in [-0.4, -0.2) is 29.4 Å². The van der Waals surface area contributed by atoms with Gasteiger partial charge in [0.2, 0.25) is 20.0 Å². The normalized spacial score (nSPS) is 12.4. The lowest BCUT2D eigenvalue weighted by molar-refractivity contribution is 0.569. The number of nitrogens with one attached hydrogen (secondary N) is 2. The van der Waals surface area contributed by atoms with Crippen molar-refractivity contribution in [2.24, 2.45) is 0 Å². The highest BCUT2D eigenvalue weighted by Crippen LogP contribution is 2.12.